The number of H-pyrrole nitrogens is 1. The summed E-state index contributed by atoms with van der Waals surface area (Å²) in [5.41, 5.74) is 7.18. The first kappa shape index (κ1) is 14.8. The van der Waals surface area contributed by atoms with Crippen molar-refractivity contribution in [2.45, 2.75) is 13.0 Å². The van der Waals surface area contributed by atoms with E-state index >= 15 is 0 Å². The van der Waals surface area contributed by atoms with Gasteiger partial charge in [-0.15, -0.1) is 5.10 Å². The zero-order valence-corrected chi connectivity index (χ0v) is 12.5. The largest absolute Gasteiger partial charge is 0.481 e. The average Bonchev–Trinajstić information content (AvgIpc) is 3.12. The van der Waals surface area contributed by atoms with Crippen molar-refractivity contribution in [1.29, 1.82) is 0 Å². The van der Waals surface area contributed by atoms with Crippen molar-refractivity contribution in [3.63, 3.8) is 0 Å². The number of nitrogens with one attached hydrogen (secondary N) is 2. The molecule has 3 rings (SSSR count). The van der Waals surface area contributed by atoms with Crippen molar-refractivity contribution in [3.05, 3.63) is 29.8 Å². The molecule has 4 N–H and O–H groups in total. The maximum absolute atomic E-state index is 10.6. The highest BCUT2D eigenvalue weighted by Gasteiger charge is 2.08. The molecule has 10 nitrogen and oxygen atoms in total. The lowest BCUT2D eigenvalue weighted by Gasteiger charge is -1.97. The topological polar surface area (TPSA) is 137 Å². The van der Waals surface area contributed by atoms with E-state index in [0.717, 1.165) is 11.2 Å². The Morgan fingerprint density at radius 3 is 3.09 bits per heavy atom. The van der Waals surface area contributed by atoms with E-state index in [1.54, 1.807) is 24.1 Å². The summed E-state index contributed by atoms with van der Waals surface area (Å²) in [6, 6.07) is 3.08. The molecule has 0 aromatic carbocycles. The van der Waals surface area contributed by atoms with E-state index in [-0.39, 0.29) is 0 Å². The van der Waals surface area contributed by atoms with Crippen molar-refractivity contribution >= 4 is 17.2 Å². The summed E-state index contributed by atoms with van der Waals surface area (Å²) in [4.78, 5) is 22.4. The molecule has 0 aliphatic rings. The van der Waals surface area contributed by atoms with E-state index in [9.17, 15) is 4.79 Å². The number of hydrogen-bond donors (Lipinski definition) is 3. The number of primary amides is 1. The van der Waals surface area contributed by atoms with Crippen LogP contribution in [0.3, 0.4) is 0 Å². The molecule has 0 radical (unpaired) electrons. The Kier molecular flexibility index (Phi) is 4.04. The number of carbonyl (C=O) groups is 1. The molecular formula is C13H16N8O2. The maximum atomic E-state index is 10.6. The van der Waals surface area contributed by atoms with E-state index < -0.39 is 6.03 Å². The second kappa shape index (κ2) is 6.30. The number of ether oxygens (including phenoxy) is 1. The predicted molar refractivity (Wildman–Crippen MR) is 80.9 cm³/mol. The molecule has 3 aromatic heterocycles. The third-order valence-electron chi connectivity index (χ3n) is 3.16. The van der Waals surface area contributed by atoms with Gasteiger partial charge in [-0.25, -0.2) is 14.5 Å². The van der Waals surface area contributed by atoms with Crippen molar-refractivity contribution in [1.82, 2.24) is 35.3 Å². The van der Waals surface area contributed by atoms with Gasteiger partial charge in [-0.3, -0.25) is 0 Å². The molecular weight excluding hydrogens is 300 g/mol. The number of imidazole rings is 1. The maximum Gasteiger partial charge on any atom is 0.312 e. The number of amides is 2. The van der Waals surface area contributed by atoms with Crippen LogP contribution in [0, 0.1) is 0 Å². The zero-order valence-electron chi connectivity index (χ0n) is 12.5. The van der Waals surface area contributed by atoms with Crippen LogP contribution in [-0.2, 0) is 13.0 Å². The summed E-state index contributed by atoms with van der Waals surface area (Å²) in [5, 5.41) is 10.6. The van der Waals surface area contributed by atoms with Crippen LogP contribution in [0.25, 0.3) is 11.2 Å². The lowest BCUT2D eigenvalue weighted by molar-refractivity contribution is 0.249. The monoisotopic (exact) mass is 316 g/mol. The molecule has 10 heteroatoms. The van der Waals surface area contributed by atoms with Crippen molar-refractivity contribution in [2.75, 3.05) is 13.7 Å². The Bertz CT molecular complexity index is 824. The number of aromatic amines is 1. The summed E-state index contributed by atoms with van der Waals surface area (Å²) in [5.74, 6) is 1.23. The number of rotatable bonds is 6. The number of hydrogen-bond acceptors (Lipinski definition) is 6. The minimum absolute atomic E-state index is 0.419. The molecule has 0 spiro atoms. The predicted octanol–water partition coefficient (Wildman–Crippen LogP) is -0.183. The van der Waals surface area contributed by atoms with E-state index in [1.807, 2.05) is 6.07 Å². The van der Waals surface area contributed by atoms with Crippen LogP contribution < -0.4 is 15.8 Å². The summed E-state index contributed by atoms with van der Waals surface area (Å²) in [6.45, 7) is 0.858. The number of fused-ring (bicyclic) bond motifs is 1. The van der Waals surface area contributed by atoms with Crippen LogP contribution >= 0.6 is 0 Å². The minimum atomic E-state index is -0.553. The van der Waals surface area contributed by atoms with Gasteiger partial charge in [0.05, 0.1) is 18.3 Å². The summed E-state index contributed by atoms with van der Waals surface area (Å²) < 4.78 is 6.74. The third-order valence-corrected chi connectivity index (χ3v) is 3.16. The Morgan fingerprint density at radius 2 is 2.30 bits per heavy atom. The Balaban J connectivity index is 1.67. The first-order valence-corrected chi connectivity index (χ1v) is 6.96. The molecule has 2 amide bonds. The van der Waals surface area contributed by atoms with Gasteiger partial charge in [0.1, 0.15) is 12.4 Å². The van der Waals surface area contributed by atoms with E-state index in [1.165, 1.54) is 0 Å². The van der Waals surface area contributed by atoms with E-state index in [0.29, 0.717) is 36.9 Å². The molecule has 0 saturated carbocycles. The summed E-state index contributed by atoms with van der Waals surface area (Å²) in [7, 11) is 1.56. The number of nitrogens with zero attached hydrogens (tertiary/aromatic N) is 5. The zero-order chi connectivity index (χ0) is 16.2. The number of urea groups is 1. The lowest BCUT2D eigenvalue weighted by Crippen LogP contribution is -2.30. The number of carbonyl (C=O) groups excluding carboxylic acids is 1. The van der Waals surface area contributed by atoms with Gasteiger partial charge in [0, 0.05) is 25.2 Å². The van der Waals surface area contributed by atoms with Gasteiger partial charge < -0.3 is 20.8 Å². The first-order chi connectivity index (χ1) is 11.1. The lowest BCUT2D eigenvalue weighted by atomic mass is 10.3. The minimum Gasteiger partial charge on any atom is -0.481 e. The standard InChI is InChI=1S/C13H16N8O2/c1-23-11-3-2-9-12(18-11)17-10(16-9)7-21-6-8(19-20-21)4-5-15-13(14)22/h2-3,6H,4-5,7H2,1H3,(H3,14,15,22)(H,16,17,18). The van der Waals surface area contributed by atoms with Crippen LogP contribution in [0.1, 0.15) is 11.5 Å². The van der Waals surface area contributed by atoms with Gasteiger partial charge in [-0.2, -0.15) is 4.98 Å². The molecule has 0 unspecified atom stereocenters. The fraction of sp³-hybridized carbons (Fsp3) is 0.308. The molecule has 120 valence electrons. The molecule has 0 bridgehead atoms. The van der Waals surface area contributed by atoms with Gasteiger partial charge in [0.15, 0.2) is 5.65 Å². The van der Waals surface area contributed by atoms with Gasteiger partial charge in [-0.1, -0.05) is 5.21 Å². The van der Waals surface area contributed by atoms with Gasteiger partial charge in [-0.05, 0) is 6.07 Å². The summed E-state index contributed by atoms with van der Waals surface area (Å²) in [6.07, 6.45) is 2.35. The van der Waals surface area contributed by atoms with Crippen LogP contribution in [0.4, 0.5) is 4.79 Å². The molecule has 0 aliphatic carbocycles. The van der Waals surface area contributed by atoms with Crippen molar-refractivity contribution in [2.24, 2.45) is 5.73 Å². The second-order valence-corrected chi connectivity index (χ2v) is 4.86. The number of methoxy groups -OCH3 is 1. The van der Waals surface area contributed by atoms with Crippen molar-refractivity contribution in [3.8, 4) is 5.88 Å². The number of nitrogens with two attached hydrogens (primary N) is 1. The molecule has 23 heavy (non-hydrogen) atoms. The van der Waals surface area contributed by atoms with Crippen LogP contribution in [0.15, 0.2) is 18.3 Å². The fourth-order valence-electron chi connectivity index (χ4n) is 2.11. The van der Waals surface area contributed by atoms with Crippen LogP contribution in [0.5, 0.6) is 5.88 Å². The molecule has 3 aromatic rings. The Morgan fingerprint density at radius 1 is 1.43 bits per heavy atom. The van der Waals surface area contributed by atoms with E-state index in [4.69, 9.17) is 10.5 Å². The van der Waals surface area contributed by atoms with E-state index in [2.05, 4.69) is 30.6 Å². The first-order valence-electron chi connectivity index (χ1n) is 6.96. The van der Waals surface area contributed by atoms with Gasteiger partial charge in [0.25, 0.3) is 0 Å². The molecule has 3 heterocycles. The molecule has 0 fully saturated rings. The van der Waals surface area contributed by atoms with Gasteiger partial charge in [0.2, 0.25) is 5.88 Å². The smallest absolute Gasteiger partial charge is 0.312 e. The summed E-state index contributed by atoms with van der Waals surface area (Å²) >= 11 is 0. The van der Waals surface area contributed by atoms with Gasteiger partial charge >= 0.3 is 6.03 Å². The third kappa shape index (κ3) is 3.54. The molecule has 0 atom stereocenters. The number of pyridine rings is 1. The highest BCUT2D eigenvalue weighted by atomic mass is 16.5. The van der Waals surface area contributed by atoms with Crippen LogP contribution in [-0.4, -0.2) is 49.6 Å². The Hall–Kier alpha value is -3.17. The fourth-order valence-corrected chi connectivity index (χ4v) is 2.11. The number of aromatic nitrogens is 6. The Labute approximate surface area is 131 Å². The molecule has 0 saturated heterocycles. The SMILES string of the molecule is COc1ccc2[nH]c(Cn3cc(CCNC(N)=O)nn3)nc2n1. The van der Waals surface area contributed by atoms with Crippen molar-refractivity contribution < 1.29 is 9.53 Å². The normalized spacial score (nSPS) is 10.8. The highest BCUT2D eigenvalue weighted by molar-refractivity contribution is 5.71. The molecule has 0 aliphatic heterocycles. The quantitative estimate of drug-likeness (QED) is 0.577. The highest BCUT2D eigenvalue weighted by Crippen LogP contribution is 2.14. The second-order valence-electron chi connectivity index (χ2n) is 4.86. The van der Waals surface area contributed by atoms with Crippen LogP contribution in [0.2, 0.25) is 0 Å². The average molecular weight is 316 g/mol.